The topological polar surface area (TPSA) is 98.7 Å². The van der Waals surface area contributed by atoms with Crippen LogP contribution in [0.15, 0.2) is 0 Å². The SMILES string of the molecule is CCCCNC(=O)C1N([C@@H](CO)CC(C)C)C(=O)[C@@H]2[C@H](C(=O)NC)[C@@H]3CC(C)C12S3. The van der Waals surface area contributed by atoms with Gasteiger partial charge in [0.1, 0.15) is 6.04 Å². The average molecular weight is 440 g/mol. The minimum atomic E-state index is -0.651. The van der Waals surface area contributed by atoms with E-state index in [0.29, 0.717) is 13.0 Å². The summed E-state index contributed by atoms with van der Waals surface area (Å²) in [5, 5.41) is 16.0. The lowest BCUT2D eigenvalue weighted by molar-refractivity contribution is -0.143. The van der Waals surface area contributed by atoms with Crippen molar-refractivity contribution in [3.63, 3.8) is 0 Å². The molecule has 3 saturated heterocycles. The normalized spacial score (nSPS) is 35.6. The van der Waals surface area contributed by atoms with Crippen molar-refractivity contribution in [2.75, 3.05) is 20.2 Å². The molecule has 3 aliphatic heterocycles. The van der Waals surface area contributed by atoms with Gasteiger partial charge in [0.2, 0.25) is 17.7 Å². The van der Waals surface area contributed by atoms with E-state index in [1.54, 1.807) is 23.7 Å². The summed E-state index contributed by atoms with van der Waals surface area (Å²) in [5.74, 6) is -0.909. The largest absolute Gasteiger partial charge is 0.394 e. The molecule has 3 amide bonds. The zero-order chi connectivity index (χ0) is 22.2. The molecule has 0 aromatic rings. The second-order valence-electron chi connectivity index (χ2n) is 9.52. The van der Waals surface area contributed by atoms with Gasteiger partial charge in [-0.25, -0.2) is 0 Å². The maximum Gasteiger partial charge on any atom is 0.244 e. The lowest BCUT2D eigenvalue weighted by Crippen LogP contribution is -2.58. The predicted octanol–water partition coefficient (Wildman–Crippen LogP) is 1.39. The zero-order valence-corrected chi connectivity index (χ0v) is 19.6. The van der Waals surface area contributed by atoms with Crippen LogP contribution in [0, 0.1) is 23.7 Å². The van der Waals surface area contributed by atoms with Crippen LogP contribution >= 0.6 is 11.8 Å². The lowest BCUT2D eigenvalue weighted by Gasteiger charge is -2.40. The molecule has 3 aliphatic rings. The number of aliphatic hydroxyl groups is 1. The van der Waals surface area contributed by atoms with E-state index >= 15 is 0 Å². The lowest BCUT2D eigenvalue weighted by atomic mass is 9.66. The Morgan fingerprint density at radius 3 is 2.60 bits per heavy atom. The van der Waals surface area contributed by atoms with Crippen molar-refractivity contribution in [2.45, 2.75) is 75.5 Å². The minimum Gasteiger partial charge on any atom is -0.394 e. The number of nitrogens with one attached hydrogen (secondary N) is 2. The molecular formula is C22H37N3O4S. The van der Waals surface area contributed by atoms with Gasteiger partial charge < -0.3 is 20.6 Å². The number of unbranched alkanes of at least 4 members (excludes halogenated alkanes) is 1. The number of likely N-dealkylation sites (tertiary alicyclic amines) is 1. The Hall–Kier alpha value is -1.28. The minimum absolute atomic E-state index is 0.0552. The molecule has 1 spiro atoms. The van der Waals surface area contributed by atoms with E-state index in [9.17, 15) is 19.5 Å². The first-order valence-electron chi connectivity index (χ1n) is 11.3. The summed E-state index contributed by atoms with van der Waals surface area (Å²) in [5.41, 5.74) is 0. The molecule has 0 aliphatic carbocycles. The molecule has 170 valence electrons. The summed E-state index contributed by atoms with van der Waals surface area (Å²) in [6.07, 6.45) is 3.30. The van der Waals surface area contributed by atoms with Crippen LogP contribution < -0.4 is 10.6 Å². The second-order valence-corrected chi connectivity index (χ2v) is 11.1. The summed E-state index contributed by atoms with van der Waals surface area (Å²) in [6.45, 7) is 8.67. The van der Waals surface area contributed by atoms with Crippen LogP contribution in [-0.2, 0) is 14.4 Å². The molecule has 0 aromatic carbocycles. The smallest absolute Gasteiger partial charge is 0.244 e. The number of nitrogens with zero attached hydrogens (tertiary/aromatic N) is 1. The summed E-state index contributed by atoms with van der Waals surface area (Å²) >= 11 is 1.67. The fourth-order valence-corrected chi connectivity index (χ4v) is 8.33. The monoisotopic (exact) mass is 439 g/mol. The molecule has 0 saturated carbocycles. The molecule has 0 radical (unpaired) electrons. The van der Waals surface area contributed by atoms with Gasteiger partial charge >= 0.3 is 0 Å². The van der Waals surface area contributed by atoms with Gasteiger partial charge in [0.05, 0.1) is 29.2 Å². The Kier molecular flexibility index (Phi) is 7.07. The molecule has 8 heteroatoms. The molecule has 0 aromatic heterocycles. The predicted molar refractivity (Wildman–Crippen MR) is 118 cm³/mol. The van der Waals surface area contributed by atoms with Gasteiger partial charge in [-0.05, 0) is 31.1 Å². The Balaban J connectivity index is 2.05. The number of carbonyl (C=O) groups excluding carboxylic acids is 3. The van der Waals surface area contributed by atoms with Crippen LogP contribution in [0.2, 0.25) is 0 Å². The Morgan fingerprint density at radius 2 is 2.03 bits per heavy atom. The highest BCUT2D eigenvalue weighted by atomic mass is 32.2. The first-order valence-corrected chi connectivity index (χ1v) is 12.2. The molecular weight excluding hydrogens is 402 g/mol. The standard InChI is InChI=1S/C22H37N3O4S/c1-6-7-8-24-20(28)18-22-13(4)10-15(30-22)16(19(27)23-5)17(22)21(29)25(18)14(11-26)9-12(2)3/h12-18,26H,6-11H2,1-5H3,(H,23,27)(H,24,28)/t13?,14-,15+,16-,17+,18?,22?/m1/s1. The van der Waals surface area contributed by atoms with Gasteiger partial charge in [0.15, 0.2) is 0 Å². The van der Waals surface area contributed by atoms with Crippen molar-refractivity contribution in [1.29, 1.82) is 0 Å². The van der Waals surface area contributed by atoms with E-state index in [-0.39, 0.29) is 41.4 Å². The van der Waals surface area contributed by atoms with Gasteiger partial charge in [0, 0.05) is 18.8 Å². The number of fused-ring (bicyclic) bond motifs is 1. The first-order chi connectivity index (χ1) is 14.2. The molecule has 7 nitrogen and oxygen atoms in total. The van der Waals surface area contributed by atoms with Crippen LogP contribution in [0.25, 0.3) is 0 Å². The fourth-order valence-electron chi connectivity index (χ4n) is 5.92. The van der Waals surface area contributed by atoms with Crippen molar-refractivity contribution < 1.29 is 19.5 Å². The van der Waals surface area contributed by atoms with Crippen LogP contribution in [0.5, 0.6) is 0 Å². The summed E-state index contributed by atoms with van der Waals surface area (Å²) < 4.78 is -0.611. The number of carbonyl (C=O) groups is 3. The number of thioether (sulfide) groups is 1. The van der Waals surface area contributed by atoms with Gasteiger partial charge in [-0.15, -0.1) is 11.8 Å². The highest BCUT2D eigenvalue weighted by molar-refractivity contribution is 8.02. The van der Waals surface area contributed by atoms with Crippen LogP contribution in [-0.4, -0.2) is 70.0 Å². The summed E-state index contributed by atoms with van der Waals surface area (Å²) in [7, 11) is 1.61. The Labute approximate surface area is 184 Å². The first kappa shape index (κ1) is 23.4. The molecule has 3 fully saturated rings. The van der Waals surface area contributed by atoms with Crippen LogP contribution in [0.4, 0.5) is 0 Å². The van der Waals surface area contributed by atoms with Crippen molar-refractivity contribution in [1.82, 2.24) is 15.5 Å². The third-order valence-electron chi connectivity index (χ3n) is 7.16. The quantitative estimate of drug-likeness (QED) is 0.472. The average Bonchev–Trinajstić information content (AvgIpc) is 3.29. The molecule has 30 heavy (non-hydrogen) atoms. The maximum atomic E-state index is 13.8. The van der Waals surface area contributed by atoms with E-state index < -0.39 is 28.7 Å². The number of rotatable bonds is 9. The molecule has 3 rings (SSSR count). The maximum absolute atomic E-state index is 13.8. The Bertz CT molecular complexity index is 687. The van der Waals surface area contributed by atoms with Crippen molar-refractivity contribution in [3.05, 3.63) is 0 Å². The van der Waals surface area contributed by atoms with E-state index in [1.165, 1.54) is 0 Å². The van der Waals surface area contributed by atoms with Crippen molar-refractivity contribution in [3.8, 4) is 0 Å². The van der Waals surface area contributed by atoms with E-state index in [4.69, 9.17) is 0 Å². The zero-order valence-electron chi connectivity index (χ0n) is 18.8. The van der Waals surface area contributed by atoms with Crippen molar-refractivity contribution >= 4 is 29.5 Å². The van der Waals surface area contributed by atoms with E-state index in [2.05, 4.69) is 38.3 Å². The number of hydrogen-bond acceptors (Lipinski definition) is 5. The van der Waals surface area contributed by atoms with E-state index in [1.807, 2.05) is 0 Å². The van der Waals surface area contributed by atoms with Gasteiger partial charge in [0.25, 0.3) is 0 Å². The third-order valence-corrected chi connectivity index (χ3v) is 9.23. The molecule has 7 atom stereocenters. The number of amides is 3. The summed E-state index contributed by atoms with van der Waals surface area (Å²) in [4.78, 5) is 41.7. The van der Waals surface area contributed by atoms with Gasteiger partial charge in [-0.2, -0.15) is 0 Å². The van der Waals surface area contributed by atoms with Gasteiger partial charge in [-0.3, -0.25) is 14.4 Å². The molecule has 3 N–H and O–H groups in total. The molecule has 2 bridgehead atoms. The fraction of sp³-hybridized carbons (Fsp3) is 0.864. The third kappa shape index (κ3) is 3.53. The molecule has 3 unspecified atom stereocenters. The summed E-state index contributed by atoms with van der Waals surface area (Å²) in [6, 6.07) is -1.07. The molecule has 3 heterocycles. The second kappa shape index (κ2) is 9.07. The van der Waals surface area contributed by atoms with Crippen molar-refractivity contribution in [2.24, 2.45) is 23.7 Å². The highest BCUT2D eigenvalue weighted by Crippen LogP contribution is 2.68. The van der Waals surface area contributed by atoms with Crippen LogP contribution in [0.3, 0.4) is 0 Å². The van der Waals surface area contributed by atoms with Crippen LogP contribution in [0.1, 0.15) is 53.4 Å². The highest BCUT2D eigenvalue weighted by Gasteiger charge is 2.76. The van der Waals surface area contributed by atoms with Gasteiger partial charge in [-0.1, -0.05) is 34.1 Å². The number of aliphatic hydroxyl groups excluding tert-OH is 1. The Morgan fingerprint density at radius 1 is 1.33 bits per heavy atom. The number of hydrogen-bond donors (Lipinski definition) is 3. The van der Waals surface area contributed by atoms with E-state index in [0.717, 1.165) is 19.3 Å².